The number of amides is 1. The molecule has 3 N–H and O–H groups in total. The second-order valence-electron chi connectivity index (χ2n) is 5.79. The average Bonchev–Trinajstić information content (AvgIpc) is 2.78. The lowest BCUT2D eigenvalue weighted by Gasteiger charge is -2.23. The summed E-state index contributed by atoms with van der Waals surface area (Å²) in [6.07, 6.45) is 5.01. The molecule has 0 atom stereocenters. The maximum absolute atomic E-state index is 13.6. The van der Waals surface area contributed by atoms with Crippen LogP contribution in [0.1, 0.15) is 48.5 Å². The molecular weight excluding hydrogens is 243 g/mol. The Labute approximate surface area is 113 Å². The van der Waals surface area contributed by atoms with Crippen LogP contribution in [0.15, 0.2) is 18.2 Å². The molecule has 1 amide bonds. The van der Waals surface area contributed by atoms with Crippen molar-refractivity contribution in [1.29, 1.82) is 0 Å². The third-order valence-corrected chi connectivity index (χ3v) is 4.01. The van der Waals surface area contributed by atoms with Crippen molar-refractivity contribution in [2.45, 2.75) is 39.2 Å². The van der Waals surface area contributed by atoms with Gasteiger partial charge in [-0.2, -0.15) is 0 Å². The van der Waals surface area contributed by atoms with Crippen LogP contribution < -0.4 is 11.1 Å². The van der Waals surface area contributed by atoms with Gasteiger partial charge in [-0.3, -0.25) is 4.79 Å². The van der Waals surface area contributed by atoms with Crippen molar-refractivity contribution < 1.29 is 9.18 Å². The molecule has 0 saturated heterocycles. The van der Waals surface area contributed by atoms with E-state index < -0.39 is 5.91 Å². The van der Waals surface area contributed by atoms with Crippen LogP contribution in [0.5, 0.6) is 0 Å². The number of primary amides is 1. The first kappa shape index (κ1) is 14.0. The molecule has 4 heteroatoms. The molecule has 1 fully saturated rings. The highest BCUT2D eigenvalue weighted by molar-refractivity contribution is 5.92. The molecule has 1 saturated carbocycles. The zero-order valence-electron chi connectivity index (χ0n) is 11.3. The van der Waals surface area contributed by atoms with Gasteiger partial charge in [-0.25, -0.2) is 4.39 Å². The van der Waals surface area contributed by atoms with Crippen molar-refractivity contribution in [1.82, 2.24) is 5.32 Å². The number of hydrogen-bond acceptors (Lipinski definition) is 2. The predicted molar refractivity (Wildman–Crippen MR) is 73.2 cm³/mol. The second kappa shape index (κ2) is 5.70. The van der Waals surface area contributed by atoms with E-state index in [1.54, 1.807) is 0 Å². The van der Waals surface area contributed by atoms with Gasteiger partial charge < -0.3 is 11.1 Å². The molecule has 0 aromatic heterocycles. The van der Waals surface area contributed by atoms with Crippen molar-refractivity contribution in [3.8, 4) is 0 Å². The molecule has 0 spiro atoms. The second-order valence-corrected chi connectivity index (χ2v) is 5.79. The topological polar surface area (TPSA) is 55.1 Å². The number of benzene rings is 1. The highest BCUT2D eigenvalue weighted by atomic mass is 19.1. The molecule has 1 aromatic rings. The number of carbonyl (C=O) groups excluding carboxylic acids is 1. The van der Waals surface area contributed by atoms with Gasteiger partial charge in [0.05, 0.1) is 0 Å². The Kier molecular flexibility index (Phi) is 4.20. The van der Waals surface area contributed by atoms with Crippen LogP contribution in [0.4, 0.5) is 4.39 Å². The number of hydrogen-bond donors (Lipinski definition) is 2. The van der Waals surface area contributed by atoms with E-state index in [4.69, 9.17) is 5.73 Å². The molecule has 1 aliphatic carbocycles. The normalized spacial score (nSPS) is 17.6. The summed E-state index contributed by atoms with van der Waals surface area (Å²) in [6.45, 7) is 3.58. The summed E-state index contributed by atoms with van der Waals surface area (Å²) in [5, 5.41) is 3.30. The third kappa shape index (κ3) is 3.53. The van der Waals surface area contributed by atoms with E-state index in [-0.39, 0.29) is 5.82 Å². The first-order valence-corrected chi connectivity index (χ1v) is 6.79. The first-order valence-electron chi connectivity index (χ1n) is 6.79. The molecule has 0 aliphatic heterocycles. The fourth-order valence-corrected chi connectivity index (χ4v) is 2.77. The zero-order chi connectivity index (χ0) is 13.9. The van der Waals surface area contributed by atoms with Gasteiger partial charge in [-0.1, -0.05) is 19.8 Å². The number of nitrogens with two attached hydrogens (primary N) is 1. The Bertz CT molecular complexity index is 467. The molecule has 0 radical (unpaired) electrons. The summed E-state index contributed by atoms with van der Waals surface area (Å²) in [6, 6.07) is 4.25. The van der Waals surface area contributed by atoms with Gasteiger partial charge in [0.2, 0.25) is 5.91 Å². The summed E-state index contributed by atoms with van der Waals surface area (Å²) in [7, 11) is 0. The smallest absolute Gasteiger partial charge is 0.248 e. The largest absolute Gasteiger partial charge is 0.366 e. The molecule has 19 heavy (non-hydrogen) atoms. The molecule has 3 nitrogen and oxygen atoms in total. The van der Waals surface area contributed by atoms with Crippen LogP contribution in [-0.4, -0.2) is 12.5 Å². The van der Waals surface area contributed by atoms with Gasteiger partial charge in [0.25, 0.3) is 0 Å². The lowest BCUT2D eigenvalue weighted by molar-refractivity contribution is 0.1000. The molecule has 2 rings (SSSR count). The predicted octanol–water partition coefficient (Wildman–Crippen LogP) is 2.59. The molecule has 1 aromatic carbocycles. The number of halogens is 1. The first-order chi connectivity index (χ1) is 9.00. The summed E-state index contributed by atoms with van der Waals surface area (Å²) < 4.78 is 13.6. The van der Waals surface area contributed by atoms with Crippen molar-refractivity contribution in [2.75, 3.05) is 6.54 Å². The number of rotatable bonds is 5. The minimum Gasteiger partial charge on any atom is -0.366 e. The van der Waals surface area contributed by atoms with E-state index in [0.29, 0.717) is 23.1 Å². The molecular formula is C15H21FN2O. The van der Waals surface area contributed by atoms with Crippen LogP contribution in [0.2, 0.25) is 0 Å². The van der Waals surface area contributed by atoms with Gasteiger partial charge in [-0.05, 0) is 36.5 Å². The Balaban J connectivity index is 1.95. The van der Waals surface area contributed by atoms with Crippen molar-refractivity contribution in [2.24, 2.45) is 11.1 Å². The Morgan fingerprint density at radius 3 is 2.74 bits per heavy atom. The van der Waals surface area contributed by atoms with Gasteiger partial charge in [0, 0.05) is 24.2 Å². The van der Waals surface area contributed by atoms with Gasteiger partial charge in [-0.15, -0.1) is 0 Å². The molecule has 0 bridgehead atoms. The molecule has 1 aliphatic rings. The van der Waals surface area contributed by atoms with E-state index in [1.165, 1.54) is 43.9 Å². The lowest BCUT2D eigenvalue weighted by atomic mass is 9.89. The standard InChI is InChI=1S/C15H21FN2O/c1-15(6-2-3-7-15)10-18-9-12-8-11(14(17)19)4-5-13(12)16/h4-5,8,18H,2-3,6-7,9-10H2,1H3,(H2,17,19). The van der Waals surface area contributed by atoms with Crippen LogP contribution in [0, 0.1) is 11.2 Å². The molecule has 0 unspecified atom stereocenters. The van der Waals surface area contributed by atoms with E-state index in [2.05, 4.69) is 12.2 Å². The summed E-state index contributed by atoms with van der Waals surface area (Å²) in [5.74, 6) is -0.821. The van der Waals surface area contributed by atoms with Crippen LogP contribution in [0.25, 0.3) is 0 Å². The van der Waals surface area contributed by atoms with Crippen molar-refractivity contribution in [3.05, 3.63) is 35.1 Å². The van der Waals surface area contributed by atoms with Crippen LogP contribution in [0.3, 0.4) is 0 Å². The summed E-state index contributed by atoms with van der Waals surface area (Å²) >= 11 is 0. The van der Waals surface area contributed by atoms with E-state index in [9.17, 15) is 9.18 Å². The van der Waals surface area contributed by atoms with Crippen LogP contribution in [-0.2, 0) is 6.54 Å². The average molecular weight is 264 g/mol. The summed E-state index contributed by atoms with van der Waals surface area (Å²) in [4.78, 5) is 11.1. The quantitative estimate of drug-likeness (QED) is 0.859. The Morgan fingerprint density at radius 1 is 1.42 bits per heavy atom. The van der Waals surface area contributed by atoms with Gasteiger partial charge >= 0.3 is 0 Å². The number of nitrogens with one attached hydrogen (secondary N) is 1. The highest BCUT2D eigenvalue weighted by Crippen LogP contribution is 2.36. The third-order valence-electron chi connectivity index (χ3n) is 4.01. The fourth-order valence-electron chi connectivity index (χ4n) is 2.77. The monoisotopic (exact) mass is 264 g/mol. The minimum atomic E-state index is -0.524. The lowest BCUT2D eigenvalue weighted by Crippen LogP contribution is -2.29. The Morgan fingerprint density at radius 2 is 2.11 bits per heavy atom. The van der Waals surface area contributed by atoms with Crippen molar-refractivity contribution in [3.63, 3.8) is 0 Å². The van der Waals surface area contributed by atoms with E-state index in [0.717, 1.165) is 6.54 Å². The highest BCUT2D eigenvalue weighted by Gasteiger charge is 2.27. The van der Waals surface area contributed by atoms with E-state index in [1.807, 2.05) is 0 Å². The van der Waals surface area contributed by atoms with Crippen molar-refractivity contribution >= 4 is 5.91 Å². The van der Waals surface area contributed by atoms with E-state index >= 15 is 0 Å². The maximum Gasteiger partial charge on any atom is 0.248 e. The fraction of sp³-hybridized carbons (Fsp3) is 0.533. The minimum absolute atomic E-state index is 0.297. The van der Waals surface area contributed by atoms with Gasteiger partial charge in [0.1, 0.15) is 5.82 Å². The summed E-state index contributed by atoms with van der Waals surface area (Å²) in [5.41, 5.74) is 6.38. The maximum atomic E-state index is 13.6. The zero-order valence-corrected chi connectivity index (χ0v) is 11.3. The van der Waals surface area contributed by atoms with Crippen LogP contribution >= 0.6 is 0 Å². The SMILES string of the molecule is CC1(CNCc2cc(C(N)=O)ccc2F)CCCC1. The number of carbonyl (C=O) groups is 1. The van der Waals surface area contributed by atoms with Gasteiger partial charge in [0.15, 0.2) is 0 Å². The molecule has 0 heterocycles. The molecule has 104 valence electrons. The Hall–Kier alpha value is -1.42.